The van der Waals surface area contributed by atoms with Gasteiger partial charge in [0, 0.05) is 6.07 Å². The molecule has 0 atom stereocenters. The third-order valence-electron chi connectivity index (χ3n) is 1.44. The van der Waals surface area contributed by atoms with Gasteiger partial charge in [0.05, 0.1) is 0 Å². The van der Waals surface area contributed by atoms with Crippen molar-refractivity contribution >= 4 is 16.9 Å². The van der Waals surface area contributed by atoms with Crippen molar-refractivity contribution in [3.63, 3.8) is 0 Å². The molecular weight excluding hydrogens is 178 g/mol. The number of nitro groups is 1. The van der Waals surface area contributed by atoms with Crippen molar-refractivity contribution in [2.45, 2.75) is 0 Å². The second-order valence-corrected chi connectivity index (χ2v) is 2.23. The van der Waals surface area contributed by atoms with Crippen molar-refractivity contribution in [2.24, 2.45) is 0 Å². The van der Waals surface area contributed by atoms with Gasteiger partial charge in [-0.1, -0.05) is 0 Å². The Morgan fingerprint density at radius 3 is 3.00 bits per heavy atom. The standard InChI is InChI=1S/C5H3N5O3/c11-9(12)5-4-3(1-2-6-5)7-10(13)8-4/h1-2,13H. The summed E-state index contributed by atoms with van der Waals surface area (Å²) in [5.41, 5.74) is 0.194. The first kappa shape index (κ1) is 7.40. The summed E-state index contributed by atoms with van der Waals surface area (Å²) in [7, 11) is 0. The van der Waals surface area contributed by atoms with Crippen LogP contribution in [0.5, 0.6) is 0 Å². The maximum atomic E-state index is 10.4. The first-order valence-electron chi connectivity index (χ1n) is 3.24. The lowest BCUT2D eigenvalue weighted by atomic mass is 10.4. The van der Waals surface area contributed by atoms with Gasteiger partial charge in [0.15, 0.2) is 0 Å². The molecule has 0 saturated heterocycles. The lowest BCUT2D eigenvalue weighted by Gasteiger charge is -1.88. The van der Waals surface area contributed by atoms with Crippen LogP contribution in [0.3, 0.4) is 0 Å². The van der Waals surface area contributed by atoms with Gasteiger partial charge >= 0.3 is 5.82 Å². The molecular formula is C5H3N5O3. The zero-order valence-electron chi connectivity index (χ0n) is 6.15. The number of hydrogen-bond acceptors (Lipinski definition) is 6. The molecule has 0 bridgehead atoms. The van der Waals surface area contributed by atoms with Gasteiger partial charge in [-0.15, -0.1) is 10.2 Å². The predicted octanol–water partition coefficient (Wildman–Crippen LogP) is -0.0282. The molecule has 2 heterocycles. The summed E-state index contributed by atoms with van der Waals surface area (Å²) < 4.78 is 0. The fourth-order valence-electron chi connectivity index (χ4n) is 0.952. The molecule has 0 saturated carbocycles. The average molecular weight is 181 g/mol. The van der Waals surface area contributed by atoms with E-state index in [4.69, 9.17) is 5.21 Å². The molecule has 0 aliphatic heterocycles. The zero-order valence-corrected chi connectivity index (χ0v) is 6.15. The number of fused-ring (bicyclic) bond motifs is 1. The lowest BCUT2D eigenvalue weighted by Crippen LogP contribution is -1.94. The molecule has 0 unspecified atom stereocenters. The van der Waals surface area contributed by atoms with Crippen LogP contribution < -0.4 is 0 Å². The Morgan fingerprint density at radius 1 is 1.54 bits per heavy atom. The highest BCUT2D eigenvalue weighted by Crippen LogP contribution is 2.17. The molecule has 2 aromatic heterocycles. The van der Waals surface area contributed by atoms with E-state index >= 15 is 0 Å². The highest BCUT2D eigenvalue weighted by atomic mass is 16.6. The van der Waals surface area contributed by atoms with Gasteiger partial charge in [-0.05, 0) is 14.9 Å². The highest BCUT2D eigenvalue weighted by Gasteiger charge is 2.17. The van der Waals surface area contributed by atoms with Gasteiger partial charge in [-0.3, -0.25) is 0 Å². The number of pyridine rings is 1. The van der Waals surface area contributed by atoms with Crippen molar-refractivity contribution in [1.29, 1.82) is 0 Å². The van der Waals surface area contributed by atoms with Crippen LogP contribution >= 0.6 is 0 Å². The molecule has 0 fully saturated rings. The van der Waals surface area contributed by atoms with Gasteiger partial charge in [0.25, 0.3) is 0 Å². The van der Waals surface area contributed by atoms with Crippen LogP contribution in [0.15, 0.2) is 12.3 Å². The molecule has 2 aromatic rings. The maximum Gasteiger partial charge on any atom is 0.393 e. The van der Waals surface area contributed by atoms with Crippen LogP contribution in [-0.4, -0.2) is 30.3 Å². The highest BCUT2D eigenvalue weighted by molar-refractivity contribution is 5.80. The van der Waals surface area contributed by atoms with Gasteiger partial charge < -0.3 is 15.3 Å². The van der Waals surface area contributed by atoms with Crippen molar-refractivity contribution in [2.75, 3.05) is 0 Å². The predicted molar refractivity (Wildman–Crippen MR) is 39.2 cm³/mol. The van der Waals surface area contributed by atoms with Crippen LogP contribution in [0.4, 0.5) is 5.82 Å². The molecule has 8 heteroatoms. The smallest absolute Gasteiger partial charge is 0.393 e. The maximum absolute atomic E-state index is 10.4. The molecule has 0 radical (unpaired) electrons. The normalized spacial score (nSPS) is 10.5. The fourth-order valence-corrected chi connectivity index (χ4v) is 0.952. The lowest BCUT2D eigenvalue weighted by molar-refractivity contribution is -0.387. The van der Waals surface area contributed by atoms with Crippen molar-refractivity contribution < 1.29 is 10.1 Å². The Hall–Kier alpha value is -2.25. The molecule has 0 aromatic carbocycles. The van der Waals surface area contributed by atoms with Gasteiger partial charge in [0.2, 0.25) is 5.52 Å². The molecule has 0 amide bonds. The van der Waals surface area contributed by atoms with E-state index in [0.29, 0.717) is 0 Å². The zero-order chi connectivity index (χ0) is 9.42. The van der Waals surface area contributed by atoms with E-state index in [2.05, 4.69) is 15.2 Å². The van der Waals surface area contributed by atoms with E-state index in [9.17, 15) is 10.1 Å². The summed E-state index contributed by atoms with van der Waals surface area (Å²) in [5.74, 6) is -0.419. The number of aromatic nitrogens is 4. The second-order valence-electron chi connectivity index (χ2n) is 2.23. The Balaban J connectivity index is 2.82. The number of nitrogens with zero attached hydrogens (tertiary/aromatic N) is 5. The molecule has 0 spiro atoms. The summed E-state index contributed by atoms with van der Waals surface area (Å²) >= 11 is 0. The van der Waals surface area contributed by atoms with Gasteiger partial charge in [0.1, 0.15) is 11.7 Å². The van der Waals surface area contributed by atoms with E-state index in [1.54, 1.807) is 0 Å². The quantitative estimate of drug-likeness (QED) is 0.376. The monoisotopic (exact) mass is 181 g/mol. The summed E-state index contributed by atoms with van der Waals surface area (Å²) in [5, 5.41) is 26.1. The molecule has 0 aliphatic carbocycles. The van der Waals surface area contributed by atoms with Crippen LogP contribution in [0.1, 0.15) is 0 Å². The van der Waals surface area contributed by atoms with Crippen LogP contribution in [0, 0.1) is 10.1 Å². The number of rotatable bonds is 1. The SMILES string of the molecule is O=[N+]([O-])c1nccc2nn(O)nc12. The molecule has 2 rings (SSSR count). The summed E-state index contributed by atoms with van der Waals surface area (Å²) in [4.78, 5) is 13.5. The molecule has 66 valence electrons. The Morgan fingerprint density at radius 2 is 2.31 bits per heavy atom. The molecule has 13 heavy (non-hydrogen) atoms. The second kappa shape index (κ2) is 2.37. The van der Waals surface area contributed by atoms with E-state index in [0.717, 1.165) is 0 Å². The van der Waals surface area contributed by atoms with Crippen LogP contribution in [0.25, 0.3) is 11.0 Å². The van der Waals surface area contributed by atoms with Crippen molar-refractivity contribution in [1.82, 2.24) is 20.1 Å². The third-order valence-corrected chi connectivity index (χ3v) is 1.44. The Kier molecular flexibility index (Phi) is 1.35. The number of hydrogen-bond donors (Lipinski definition) is 1. The van der Waals surface area contributed by atoms with E-state index in [1.165, 1.54) is 12.3 Å². The topological polar surface area (TPSA) is 107 Å². The van der Waals surface area contributed by atoms with Crippen molar-refractivity contribution in [3.8, 4) is 0 Å². The fraction of sp³-hybridized carbons (Fsp3) is 0. The molecule has 1 N–H and O–H groups in total. The average Bonchev–Trinajstić information content (AvgIpc) is 2.43. The molecule has 8 nitrogen and oxygen atoms in total. The van der Waals surface area contributed by atoms with Crippen LogP contribution in [-0.2, 0) is 0 Å². The van der Waals surface area contributed by atoms with E-state index in [-0.39, 0.29) is 16.0 Å². The minimum absolute atomic E-state index is 0.0324. The Labute approximate surface area is 70.5 Å². The Bertz CT molecular complexity index is 478. The first-order valence-corrected chi connectivity index (χ1v) is 3.24. The third kappa shape index (κ3) is 1.04. The minimum atomic E-state index is -0.684. The summed E-state index contributed by atoms with van der Waals surface area (Å²) in [6.45, 7) is 0. The van der Waals surface area contributed by atoms with E-state index < -0.39 is 10.7 Å². The van der Waals surface area contributed by atoms with E-state index in [1.807, 2.05) is 0 Å². The summed E-state index contributed by atoms with van der Waals surface area (Å²) in [6, 6.07) is 1.42. The van der Waals surface area contributed by atoms with Crippen molar-refractivity contribution in [3.05, 3.63) is 22.4 Å². The van der Waals surface area contributed by atoms with Gasteiger partial charge in [-0.25, -0.2) is 0 Å². The largest absolute Gasteiger partial charge is 0.396 e. The minimum Gasteiger partial charge on any atom is -0.396 e. The van der Waals surface area contributed by atoms with Crippen LogP contribution in [0.2, 0.25) is 0 Å². The van der Waals surface area contributed by atoms with Gasteiger partial charge in [-0.2, -0.15) is 0 Å². The summed E-state index contributed by atoms with van der Waals surface area (Å²) in [6.07, 6.45) is 1.23. The molecule has 0 aliphatic rings. The first-order chi connectivity index (χ1) is 6.18.